The summed E-state index contributed by atoms with van der Waals surface area (Å²) in [6.45, 7) is 1.98. The highest BCUT2D eigenvalue weighted by atomic mass is 16.3. The SMILES string of the molecule is OC(c1ccccc1)[C@@H]1CCNC1. The first-order valence-corrected chi connectivity index (χ1v) is 4.81. The number of aliphatic hydroxyl groups excluding tert-OH is 1. The molecule has 70 valence electrons. The summed E-state index contributed by atoms with van der Waals surface area (Å²) in [5.41, 5.74) is 1.04. The van der Waals surface area contributed by atoms with Crippen molar-refractivity contribution in [2.75, 3.05) is 13.1 Å². The average molecular weight is 177 g/mol. The van der Waals surface area contributed by atoms with E-state index in [4.69, 9.17) is 0 Å². The zero-order valence-electron chi connectivity index (χ0n) is 7.61. The Kier molecular flexibility index (Phi) is 2.62. The fourth-order valence-corrected chi connectivity index (χ4v) is 1.87. The minimum Gasteiger partial charge on any atom is -0.388 e. The Balaban J connectivity index is 2.08. The van der Waals surface area contributed by atoms with Gasteiger partial charge in [0.15, 0.2) is 0 Å². The molecule has 2 nitrogen and oxygen atoms in total. The molecule has 2 rings (SSSR count). The molecule has 1 fully saturated rings. The van der Waals surface area contributed by atoms with Crippen LogP contribution >= 0.6 is 0 Å². The summed E-state index contributed by atoms with van der Waals surface area (Å²) in [4.78, 5) is 0. The van der Waals surface area contributed by atoms with E-state index in [1.165, 1.54) is 0 Å². The Morgan fingerprint density at radius 2 is 2.08 bits per heavy atom. The van der Waals surface area contributed by atoms with Gasteiger partial charge in [-0.15, -0.1) is 0 Å². The van der Waals surface area contributed by atoms with E-state index in [2.05, 4.69) is 5.32 Å². The third kappa shape index (κ3) is 1.90. The number of rotatable bonds is 2. The van der Waals surface area contributed by atoms with Gasteiger partial charge in [0.2, 0.25) is 0 Å². The third-order valence-corrected chi connectivity index (χ3v) is 2.69. The molecule has 1 saturated heterocycles. The molecule has 1 aliphatic rings. The van der Waals surface area contributed by atoms with Crippen LogP contribution in [-0.4, -0.2) is 18.2 Å². The summed E-state index contributed by atoms with van der Waals surface area (Å²) in [5, 5.41) is 13.2. The Morgan fingerprint density at radius 3 is 2.69 bits per heavy atom. The molecular formula is C11H15NO. The van der Waals surface area contributed by atoms with Crippen LogP contribution in [0.1, 0.15) is 18.1 Å². The Labute approximate surface area is 78.6 Å². The lowest BCUT2D eigenvalue weighted by Crippen LogP contribution is -2.15. The first-order chi connectivity index (χ1) is 6.38. The first-order valence-electron chi connectivity index (χ1n) is 4.81. The summed E-state index contributed by atoms with van der Waals surface area (Å²) >= 11 is 0. The lowest BCUT2D eigenvalue weighted by atomic mass is 9.95. The molecule has 13 heavy (non-hydrogen) atoms. The highest BCUT2D eigenvalue weighted by Gasteiger charge is 2.23. The highest BCUT2D eigenvalue weighted by molar-refractivity contribution is 5.18. The summed E-state index contributed by atoms with van der Waals surface area (Å²) in [5.74, 6) is 0.391. The molecule has 2 heteroatoms. The fraction of sp³-hybridized carbons (Fsp3) is 0.455. The van der Waals surface area contributed by atoms with E-state index in [0.29, 0.717) is 5.92 Å². The molecule has 1 heterocycles. The molecule has 1 aliphatic heterocycles. The van der Waals surface area contributed by atoms with E-state index >= 15 is 0 Å². The second-order valence-corrected chi connectivity index (χ2v) is 3.61. The number of benzene rings is 1. The van der Waals surface area contributed by atoms with Crippen LogP contribution < -0.4 is 5.32 Å². The maximum Gasteiger partial charge on any atom is 0.0830 e. The van der Waals surface area contributed by atoms with Crippen molar-refractivity contribution >= 4 is 0 Å². The quantitative estimate of drug-likeness (QED) is 0.714. The molecule has 0 amide bonds. The van der Waals surface area contributed by atoms with Gasteiger partial charge >= 0.3 is 0 Å². The lowest BCUT2D eigenvalue weighted by Gasteiger charge is -2.16. The van der Waals surface area contributed by atoms with Gasteiger partial charge in [-0.25, -0.2) is 0 Å². The lowest BCUT2D eigenvalue weighted by molar-refractivity contribution is 0.118. The van der Waals surface area contributed by atoms with E-state index in [9.17, 15) is 5.11 Å². The van der Waals surface area contributed by atoms with Crippen LogP contribution in [0.3, 0.4) is 0 Å². The largest absolute Gasteiger partial charge is 0.388 e. The maximum absolute atomic E-state index is 9.98. The zero-order chi connectivity index (χ0) is 9.10. The van der Waals surface area contributed by atoms with E-state index < -0.39 is 0 Å². The van der Waals surface area contributed by atoms with Gasteiger partial charge in [-0.3, -0.25) is 0 Å². The normalized spacial score (nSPS) is 24.5. The van der Waals surface area contributed by atoms with Gasteiger partial charge in [-0.2, -0.15) is 0 Å². The Morgan fingerprint density at radius 1 is 1.31 bits per heavy atom. The molecule has 2 N–H and O–H groups in total. The minimum absolute atomic E-state index is 0.295. The van der Waals surface area contributed by atoms with Crippen molar-refractivity contribution in [3.8, 4) is 0 Å². The van der Waals surface area contributed by atoms with Crippen molar-refractivity contribution in [1.29, 1.82) is 0 Å². The molecular weight excluding hydrogens is 162 g/mol. The zero-order valence-corrected chi connectivity index (χ0v) is 7.61. The van der Waals surface area contributed by atoms with E-state index in [0.717, 1.165) is 25.1 Å². The Hall–Kier alpha value is -0.860. The van der Waals surface area contributed by atoms with E-state index in [1.807, 2.05) is 30.3 Å². The van der Waals surface area contributed by atoms with Crippen LogP contribution in [0.15, 0.2) is 30.3 Å². The minimum atomic E-state index is -0.295. The topological polar surface area (TPSA) is 32.3 Å². The summed E-state index contributed by atoms with van der Waals surface area (Å²) < 4.78 is 0. The van der Waals surface area contributed by atoms with E-state index in [-0.39, 0.29) is 6.10 Å². The van der Waals surface area contributed by atoms with Crippen LogP contribution in [0.2, 0.25) is 0 Å². The van der Waals surface area contributed by atoms with Gasteiger partial charge in [0, 0.05) is 12.5 Å². The van der Waals surface area contributed by atoms with Crippen molar-refractivity contribution in [2.24, 2.45) is 5.92 Å². The van der Waals surface area contributed by atoms with E-state index in [1.54, 1.807) is 0 Å². The molecule has 0 aromatic heterocycles. The molecule has 0 bridgehead atoms. The van der Waals surface area contributed by atoms with Gasteiger partial charge in [-0.1, -0.05) is 30.3 Å². The number of hydrogen-bond acceptors (Lipinski definition) is 2. The van der Waals surface area contributed by atoms with Crippen molar-refractivity contribution in [3.05, 3.63) is 35.9 Å². The van der Waals surface area contributed by atoms with Gasteiger partial charge in [0.05, 0.1) is 6.10 Å². The predicted molar refractivity (Wildman–Crippen MR) is 52.4 cm³/mol. The predicted octanol–water partition coefficient (Wildman–Crippen LogP) is 1.33. The first kappa shape index (κ1) is 8.73. The fourth-order valence-electron chi connectivity index (χ4n) is 1.87. The molecule has 0 radical (unpaired) electrons. The third-order valence-electron chi connectivity index (χ3n) is 2.69. The molecule has 1 aromatic carbocycles. The summed E-state index contributed by atoms with van der Waals surface area (Å²) in [6, 6.07) is 9.90. The monoisotopic (exact) mass is 177 g/mol. The van der Waals surface area contributed by atoms with Gasteiger partial charge in [0.1, 0.15) is 0 Å². The number of aliphatic hydroxyl groups is 1. The maximum atomic E-state index is 9.98. The number of nitrogens with one attached hydrogen (secondary N) is 1. The van der Waals surface area contributed by atoms with Crippen LogP contribution in [0.5, 0.6) is 0 Å². The highest BCUT2D eigenvalue weighted by Crippen LogP contribution is 2.25. The summed E-state index contributed by atoms with van der Waals surface area (Å²) in [7, 11) is 0. The molecule has 0 spiro atoms. The molecule has 0 saturated carbocycles. The van der Waals surface area contributed by atoms with Crippen LogP contribution in [0.25, 0.3) is 0 Å². The smallest absolute Gasteiger partial charge is 0.0830 e. The van der Waals surface area contributed by atoms with Crippen LogP contribution in [0, 0.1) is 5.92 Å². The molecule has 1 unspecified atom stereocenters. The Bertz CT molecular complexity index is 254. The van der Waals surface area contributed by atoms with Crippen molar-refractivity contribution in [3.63, 3.8) is 0 Å². The van der Waals surface area contributed by atoms with Gasteiger partial charge < -0.3 is 10.4 Å². The van der Waals surface area contributed by atoms with Crippen molar-refractivity contribution < 1.29 is 5.11 Å². The van der Waals surface area contributed by atoms with Gasteiger partial charge in [0.25, 0.3) is 0 Å². The molecule has 2 atom stereocenters. The second-order valence-electron chi connectivity index (χ2n) is 3.61. The standard InChI is InChI=1S/C11H15NO/c13-11(10-6-7-12-8-10)9-4-2-1-3-5-9/h1-5,10-13H,6-8H2/t10-,11?/m1/s1. The van der Waals surface area contributed by atoms with Crippen LogP contribution in [-0.2, 0) is 0 Å². The van der Waals surface area contributed by atoms with Gasteiger partial charge in [-0.05, 0) is 18.5 Å². The molecule has 1 aromatic rings. The summed E-state index contributed by atoms with van der Waals surface area (Å²) in [6.07, 6.45) is 0.784. The van der Waals surface area contributed by atoms with Crippen LogP contribution in [0.4, 0.5) is 0 Å². The molecule has 0 aliphatic carbocycles. The second kappa shape index (κ2) is 3.90. The number of hydrogen-bond donors (Lipinski definition) is 2. The average Bonchev–Trinajstić information content (AvgIpc) is 2.71. The van der Waals surface area contributed by atoms with Crippen molar-refractivity contribution in [1.82, 2.24) is 5.32 Å². The van der Waals surface area contributed by atoms with Crippen molar-refractivity contribution in [2.45, 2.75) is 12.5 Å².